The number of nitro groups is 1. The van der Waals surface area contributed by atoms with Crippen molar-refractivity contribution in [3.05, 3.63) is 15.0 Å². The molecule has 70 valence electrons. The number of hydrogen-bond acceptors (Lipinski definition) is 4. The van der Waals surface area contributed by atoms with Crippen molar-refractivity contribution in [1.29, 1.82) is 0 Å². The van der Waals surface area contributed by atoms with Gasteiger partial charge in [-0.2, -0.15) is 0 Å². The maximum atomic E-state index is 10.5. The second-order valence-electron chi connectivity index (χ2n) is 2.96. The zero-order valence-corrected chi connectivity index (χ0v) is 7.61. The summed E-state index contributed by atoms with van der Waals surface area (Å²) in [6.07, 6.45) is 1.19. The summed E-state index contributed by atoms with van der Waals surface area (Å²) in [5.41, 5.74) is -1.65. The lowest BCUT2D eigenvalue weighted by molar-refractivity contribution is -0.575. The summed E-state index contributed by atoms with van der Waals surface area (Å²) in [4.78, 5) is 20.3. The van der Waals surface area contributed by atoms with Crippen LogP contribution in [0, 0.1) is 20.9 Å². The highest BCUT2D eigenvalue weighted by Gasteiger charge is 2.45. The van der Waals surface area contributed by atoms with Gasteiger partial charge < -0.3 is 0 Å². The SMILES string of the molecule is CCC(CC)C(C)(N=O)[N+](=O)[O-]. The van der Waals surface area contributed by atoms with Crippen LogP contribution in [0.15, 0.2) is 5.18 Å². The van der Waals surface area contributed by atoms with Crippen LogP contribution in [0.25, 0.3) is 0 Å². The van der Waals surface area contributed by atoms with E-state index in [1.165, 1.54) is 6.92 Å². The summed E-state index contributed by atoms with van der Waals surface area (Å²) >= 11 is 0. The Morgan fingerprint density at radius 3 is 2.00 bits per heavy atom. The number of rotatable bonds is 5. The Morgan fingerprint density at radius 2 is 1.92 bits per heavy atom. The lowest BCUT2D eigenvalue weighted by Gasteiger charge is -2.20. The monoisotopic (exact) mass is 174 g/mol. The molecule has 1 unspecified atom stereocenters. The first-order valence-corrected chi connectivity index (χ1v) is 4.01. The number of hydrogen-bond donors (Lipinski definition) is 0. The molecule has 0 fully saturated rings. The quantitative estimate of drug-likeness (QED) is 0.364. The van der Waals surface area contributed by atoms with E-state index in [0.717, 1.165) is 0 Å². The van der Waals surface area contributed by atoms with Gasteiger partial charge in [0.15, 0.2) is 0 Å². The van der Waals surface area contributed by atoms with E-state index in [2.05, 4.69) is 5.18 Å². The molecule has 0 heterocycles. The minimum atomic E-state index is -1.65. The molecule has 5 heteroatoms. The summed E-state index contributed by atoms with van der Waals surface area (Å²) in [6, 6.07) is 0. The number of nitrogens with zero attached hydrogens (tertiary/aromatic N) is 2. The van der Waals surface area contributed by atoms with Crippen LogP contribution in [0.4, 0.5) is 0 Å². The van der Waals surface area contributed by atoms with Crippen LogP contribution in [-0.2, 0) is 0 Å². The first-order valence-electron chi connectivity index (χ1n) is 4.01. The molecule has 1 atom stereocenters. The van der Waals surface area contributed by atoms with E-state index in [9.17, 15) is 15.0 Å². The third kappa shape index (κ3) is 1.78. The van der Waals surface area contributed by atoms with E-state index in [4.69, 9.17) is 0 Å². The highest BCUT2D eigenvalue weighted by atomic mass is 16.6. The van der Waals surface area contributed by atoms with Gasteiger partial charge in [0.25, 0.3) is 0 Å². The molecular weight excluding hydrogens is 160 g/mol. The topological polar surface area (TPSA) is 72.6 Å². The average molecular weight is 174 g/mol. The van der Waals surface area contributed by atoms with E-state index in [-0.39, 0.29) is 5.92 Å². The summed E-state index contributed by atoms with van der Waals surface area (Å²) in [5, 5.41) is 13.1. The van der Waals surface area contributed by atoms with Crippen LogP contribution in [0.3, 0.4) is 0 Å². The molecule has 0 aromatic rings. The molecule has 0 spiro atoms. The molecule has 5 nitrogen and oxygen atoms in total. The van der Waals surface area contributed by atoms with Gasteiger partial charge in [-0.05, 0) is 12.8 Å². The van der Waals surface area contributed by atoms with Gasteiger partial charge in [0, 0.05) is 12.1 Å². The molecule has 0 amide bonds. The van der Waals surface area contributed by atoms with E-state index in [0.29, 0.717) is 12.8 Å². The van der Waals surface area contributed by atoms with Gasteiger partial charge in [0.2, 0.25) is 0 Å². The van der Waals surface area contributed by atoms with Crippen LogP contribution >= 0.6 is 0 Å². The molecule has 0 aliphatic carbocycles. The van der Waals surface area contributed by atoms with Crippen molar-refractivity contribution >= 4 is 0 Å². The zero-order valence-electron chi connectivity index (χ0n) is 7.61. The lowest BCUT2D eigenvalue weighted by atomic mass is 9.90. The van der Waals surface area contributed by atoms with Crippen molar-refractivity contribution in [2.75, 3.05) is 0 Å². The molecule has 0 radical (unpaired) electrons. The van der Waals surface area contributed by atoms with Gasteiger partial charge in [0.1, 0.15) is 0 Å². The molecule has 0 saturated heterocycles. The van der Waals surface area contributed by atoms with Crippen molar-refractivity contribution in [3.63, 3.8) is 0 Å². The molecule has 0 aliphatic heterocycles. The first kappa shape index (κ1) is 11.0. The second kappa shape index (κ2) is 4.13. The summed E-state index contributed by atoms with van der Waals surface area (Å²) in [7, 11) is 0. The fourth-order valence-electron chi connectivity index (χ4n) is 1.32. The molecular formula is C7H14N2O3. The van der Waals surface area contributed by atoms with Crippen molar-refractivity contribution in [2.45, 2.75) is 39.3 Å². The minimum absolute atomic E-state index is 0.273. The Balaban J connectivity index is 4.70. The van der Waals surface area contributed by atoms with Crippen LogP contribution in [0.1, 0.15) is 33.6 Å². The molecule has 0 aromatic heterocycles. The Kier molecular flexibility index (Phi) is 3.79. The fraction of sp³-hybridized carbons (Fsp3) is 1.00. The van der Waals surface area contributed by atoms with Crippen molar-refractivity contribution < 1.29 is 4.92 Å². The van der Waals surface area contributed by atoms with Crippen LogP contribution in [0.5, 0.6) is 0 Å². The number of nitroso groups, excluding NO2 is 1. The third-order valence-corrected chi connectivity index (χ3v) is 2.31. The third-order valence-electron chi connectivity index (χ3n) is 2.31. The second-order valence-corrected chi connectivity index (χ2v) is 2.96. The van der Waals surface area contributed by atoms with Gasteiger partial charge in [-0.25, -0.2) is 0 Å². The molecule has 0 N–H and O–H groups in total. The summed E-state index contributed by atoms with van der Waals surface area (Å²) < 4.78 is 0. The summed E-state index contributed by atoms with van der Waals surface area (Å²) in [6.45, 7) is 4.92. The smallest absolute Gasteiger partial charge is 0.262 e. The maximum absolute atomic E-state index is 10.5. The minimum Gasteiger partial charge on any atom is -0.262 e. The molecule has 0 saturated carbocycles. The van der Waals surface area contributed by atoms with Crippen molar-refractivity contribution in [3.8, 4) is 0 Å². The van der Waals surface area contributed by atoms with Gasteiger partial charge in [-0.3, -0.25) is 10.1 Å². The van der Waals surface area contributed by atoms with Crippen LogP contribution in [0.2, 0.25) is 0 Å². The van der Waals surface area contributed by atoms with Gasteiger partial charge in [-0.15, -0.1) is 4.91 Å². The Morgan fingerprint density at radius 1 is 1.50 bits per heavy atom. The van der Waals surface area contributed by atoms with E-state index in [1.54, 1.807) is 0 Å². The van der Waals surface area contributed by atoms with E-state index < -0.39 is 10.6 Å². The van der Waals surface area contributed by atoms with Gasteiger partial charge in [0.05, 0.1) is 10.8 Å². The van der Waals surface area contributed by atoms with E-state index >= 15 is 0 Å². The van der Waals surface area contributed by atoms with Crippen LogP contribution < -0.4 is 0 Å². The maximum Gasteiger partial charge on any atom is 0.348 e. The highest BCUT2D eigenvalue weighted by molar-refractivity contribution is 4.78. The Labute approximate surface area is 71.3 Å². The van der Waals surface area contributed by atoms with Gasteiger partial charge in [-0.1, -0.05) is 13.8 Å². The van der Waals surface area contributed by atoms with Crippen molar-refractivity contribution in [1.82, 2.24) is 0 Å². The summed E-state index contributed by atoms with van der Waals surface area (Å²) in [5.74, 6) is -0.273. The Hall–Kier alpha value is -1.00. The zero-order chi connectivity index (χ0) is 9.78. The molecule has 0 aromatic carbocycles. The lowest BCUT2D eigenvalue weighted by Crippen LogP contribution is -2.40. The van der Waals surface area contributed by atoms with Crippen molar-refractivity contribution in [2.24, 2.45) is 11.1 Å². The molecule has 0 aliphatic rings. The Bertz CT molecular complexity index is 179. The highest BCUT2D eigenvalue weighted by Crippen LogP contribution is 2.27. The largest absolute Gasteiger partial charge is 0.348 e. The first-order chi connectivity index (χ1) is 5.52. The predicted molar refractivity (Wildman–Crippen MR) is 45.3 cm³/mol. The standard InChI is InChI=1S/C7H14N2O3/c1-4-6(5-2)7(3,8-10)9(11)12/h6H,4-5H2,1-3H3. The molecule has 0 bridgehead atoms. The van der Waals surface area contributed by atoms with E-state index in [1.807, 2.05) is 13.8 Å². The predicted octanol–water partition coefficient (Wildman–Crippen LogP) is 2.18. The average Bonchev–Trinajstić information content (AvgIpc) is 2.05. The van der Waals surface area contributed by atoms with Gasteiger partial charge >= 0.3 is 5.66 Å². The van der Waals surface area contributed by atoms with Crippen LogP contribution in [-0.4, -0.2) is 10.6 Å². The normalized spacial score (nSPS) is 15.7. The molecule has 12 heavy (non-hydrogen) atoms. The molecule has 0 rings (SSSR count). The fourth-order valence-corrected chi connectivity index (χ4v) is 1.32.